The van der Waals surface area contributed by atoms with E-state index in [0.717, 1.165) is 0 Å². The lowest BCUT2D eigenvalue weighted by Crippen LogP contribution is -2.45. The summed E-state index contributed by atoms with van der Waals surface area (Å²) in [6, 6.07) is 5.10. The molecule has 2 rings (SSSR count). The monoisotopic (exact) mass is 321 g/mol. The van der Waals surface area contributed by atoms with Crippen LogP contribution in [-0.2, 0) is 4.79 Å². The van der Waals surface area contributed by atoms with Crippen molar-refractivity contribution in [3.05, 3.63) is 41.8 Å². The minimum absolute atomic E-state index is 0.0822. The Morgan fingerprint density at radius 1 is 1.32 bits per heavy atom. The fraction of sp³-hybridized carbons (Fsp3) is 0.400. The van der Waals surface area contributed by atoms with Crippen LogP contribution in [-0.4, -0.2) is 32.8 Å². The van der Waals surface area contributed by atoms with Crippen molar-refractivity contribution in [2.75, 3.05) is 5.32 Å². The van der Waals surface area contributed by atoms with E-state index in [9.17, 15) is 4.79 Å². The molecule has 2 aromatic rings. The predicted molar refractivity (Wildman–Crippen MR) is 86.9 cm³/mol. The third-order valence-electron chi connectivity index (χ3n) is 3.55. The van der Waals surface area contributed by atoms with Gasteiger partial charge in [-0.05, 0) is 39.0 Å². The van der Waals surface area contributed by atoms with E-state index in [1.165, 1.54) is 6.20 Å². The molecular weight excluding hydrogens is 302 g/mol. The molecule has 0 fully saturated rings. The maximum Gasteiger partial charge on any atom is 0.242 e. The molecule has 0 aliphatic rings. The molecule has 1 amide bonds. The predicted octanol–water partition coefficient (Wildman–Crippen LogP) is 2.50. The second-order valence-electron chi connectivity index (χ2n) is 5.25. The summed E-state index contributed by atoms with van der Waals surface area (Å²) in [7, 11) is 0. The van der Waals surface area contributed by atoms with Gasteiger partial charge >= 0.3 is 0 Å². The molecule has 0 bridgehead atoms. The molecule has 2 aromatic heterocycles. The number of halogens is 1. The Bertz CT molecular complexity index is 599. The summed E-state index contributed by atoms with van der Waals surface area (Å²) >= 11 is 5.77. The molecule has 0 saturated carbocycles. The average Bonchev–Trinajstić information content (AvgIpc) is 3.02. The zero-order valence-electron chi connectivity index (χ0n) is 12.8. The molecule has 0 spiro atoms. The molecule has 3 unspecified atom stereocenters. The number of carbonyl (C=O) groups excluding carboxylic acids is 1. The lowest BCUT2D eigenvalue weighted by molar-refractivity contribution is -0.118. The van der Waals surface area contributed by atoms with Crippen molar-refractivity contribution in [2.24, 2.45) is 0 Å². The highest BCUT2D eigenvalue weighted by molar-refractivity contribution is 6.30. The van der Waals surface area contributed by atoms with Crippen molar-refractivity contribution >= 4 is 23.3 Å². The quantitative estimate of drug-likeness (QED) is 0.857. The molecule has 2 heterocycles. The van der Waals surface area contributed by atoms with E-state index in [0.29, 0.717) is 10.8 Å². The summed E-state index contributed by atoms with van der Waals surface area (Å²) in [5, 5.41) is 10.8. The highest BCUT2D eigenvalue weighted by Gasteiger charge is 2.20. The van der Waals surface area contributed by atoms with Gasteiger partial charge in [-0.15, -0.1) is 0 Å². The minimum Gasteiger partial charge on any atom is -0.309 e. The Morgan fingerprint density at radius 2 is 2.09 bits per heavy atom. The van der Waals surface area contributed by atoms with E-state index in [1.54, 1.807) is 18.3 Å². The lowest BCUT2D eigenvalue weighted by atomic mass is 10.1. The second-order valence-corrected chi connectivity index (χ2v) is 5.69. The first-order valence-electron chi connectivity index (χ1n) is 7.15. The Kier molecular flexibility index (Phi) is 5.51. The molecule has 22 heavy (non-hydrogen) atoms. The largest absolute Gasteiger partial charge is 0.309 e. The normalized spacial score (nSPS) is 15.1. The molecule has 0 saturated heterocycles. The first-order valence-corrected chi connectivity index (χ1v) is 7.52. The van der Waals surface area contributed by atoms with Gasteiger partial charge in [0.15, 0.2) is 0 Å². The molecule has 2 N–H and O–H groups in total. The molecule has 118 valence electrons. The standard InChI is InChI=1S/C15H20ClN5O/c1-10(12(3)21-8-4-7-18-21)19-11(2)15(22)20-14-6-5-13(16)9-17-14/h4-12,19H,1-3H3,(H,17,20,22). The smallest absolute Gasteiger partial charge is 0.242 e. The van der Waals surface area contributed by atoms with Crippen molar-refractivity contribution in [3.63, 3.8) is 0 Å². The van der Waals surface area contributed by atoms with Crippen LogP contribution in [0.4, 0.5) is 5.82 Å². The second kappa shape index (κ2) is 7.38. The number of nitrogens with zero attached hydrogens (tertiary/aromatic N) is 3. The minimum atomic E-state index is -0.356. The van der Waals surface area contributed by atoms with Crippen LogP contribution >= 0.6 is 11.6 Å². The summed E-state index contributed by atoms with van der Waals surface area (Å²) in [6.45, 7) is 5.89. The molecule has 3 atom stereocenters. The Balaban J connectivity index is 1.89. The molecule has 7 heteroatoms. The maximum absolute atomic E-state index is 12.2. The number of amides is 1. The number of carbonyl (C=O) groups is 1. The van der Waals surface area contributed by atoms with Crippen LogP contribution in [0, 0.1) is 0 Å². The molecule has 0 radical (unpaired) electrons. The number of hydrogen-bond acceptors (Lipinski definition) is 4. The van der Waals surface area contributed by atoms with Crippen LogP contribution in [0.5, 0.6) is 0 Å². The molecule has 0 aromatic carbocycles. The highest BCUT2D eigenvalue weighted by atomic mass is 35.5. The summed E-state index contributed by atoms with van der Waals surface area (Å²) in [5.41, 5.74) is 0. The van der Waals surface area contributed by atoms with Gasteiger partial charge in [-0.1, -0.05) is 11.6 Å². The van der Waals surface area contributed by atoms with Crippen LogP contribution in [0.3, 0.4) is 0 Å². The summed E-state index contributed by atoms with van der Waals surface area (Å²) in [4.78, 5) is 16.2. The average molecular weight is 322 g/mol. The first kappa shape index (κ1) is 16.5. The van der Waals surface area contributed by atoms with E-state index in [1.807, 2.05) is 30.8 Å². The van der Waals surface area contributed by atoms with Gasteiger partial charge < -0.3 is 10.6 Å². The Hall–Kier alpha value is -1.92. The van der Waals surface area contributed by atoms with Gasteiger partial charge in [0.25, 0.3) is 0 Å². The Morgan fingerprint density at radius 3 is 2.68 bits per heavy atom. The number of anilines is 1. The first-order chi connectivity index (χ1) is 10.5. The fourth-order valence-electron chi connectivity index (χ4n) is 2.04. The Labute approximate surface area is 134 Å². The van der Waals surface area contributed by atoms with Gasteiger partial charge in [-0.3, -0.25) is 9.48 Å². The number of aromatic nitrogens is 3. The molecule has 0 aliphatic carbocycles. The van der Waals surface area contributed by atoms with Crippen LogP contribution in [0.15, 0.2) is 36.8 Å². The summed E-state index contributed by atoms with van der Waals surface area (Å²) < 4.78 is 1.86. The van der Waals surface area contributed by atoms with Crippen molar-refractivity contribution in [1.29, 1.82) is 0 Å². The van der Waals surface area contributed by atoms with Crippen molar-refractivity contribution in [2.45, 2.75) is 38.9 Å². The van der Waals surface area contributed by atoms with Crippen LogP contribution in [0.1, 0.15) is 26.8 Å². The van der Waals surface area contributed by atoms with Crippen LogP contribution in [0.25, 0.3) is 0 Å². The lowest BCUT2D eigenvalue weighted by Gasteiger charge is -2.25. The van der Waals surface area contributed by atoms with E-state index in [2.05, 4.69) is 27.6 Å². The van der Waals surface area contributed by atoms with Gasteiger partial charge in [0.05, 0.1) is 17.1 Å². The van der Waals surface area contributed by atoms with E-state index in [-0.39, 0.29) is 24.0 Å². The molecule has 6 nitrogen and oxygen atoms in total. The van der Waals surface area contributed by atoms with Crippen LogP contribution in [0.2, 0.25) is 5.02 Å². The topological polar surface area (TPSA) is 71.8 Å². The highest BCUT2D eigenvalue weighted by Crippen LogP contribution is 2.11. The summed E-state index contributed by atoms with van der Waals surface area (Å²) in [5.74, 6) is 0.338. The number of rotatable bonds is 6. The number of hydrogen-bond donors (Lipinski definition) is 2. The van der Waals surface area contributed by atoms with Gasteiger partial charge in [0.2, 0.25) is 5.91 Å². The maximum atomic E-state index is 12.2. The van der Waals surface area contributed by atoms with E-state index in [4.69, 9.17) is 11.6 Å². The van der Waals surface area contributed by atoms with E-state index < -0.39 is 0 Å². The van der Waals surface area contributed by atoms with Gasteiger partial charge in [0.1, 0.15) is 5.82 Å². The third kappa shape index (κ3) is 4.29. The van der Waals surface area contributed by atoms with Crippen molar-refractivity contribution in [1.82, 2.24) is 20.1 Å². The van der Waals surface area contributed by atoms with Crippen molar-refractivity contribution in [3.8, 4) is 0 Å². The molecule has 0 aliphatic heterocycles. The number of pyridine rings is 1. The zero-order valence-corrected chi connectivity index (χ0v) is 13.6. The van der Waals surface area contributed by atoms with Gasteiger partial charge in [0, 0.05) is 24.6 Å². The summed E-state index contributed by atoms with van der Waals surface area (Å²) in [6.07, 6.45) is 5.15. The van der Waals surface area contributed by atoms with Crippen LogP contribution < -0.4 is 10.6 Å². The zero-order chi connectivity index (χ0) is 16.1. The van der Waals surface area contributed by atoms with Gasteiger partial charge in [-0.25, -0.2) is 4.98 Å². The molecular formula is C15H20ClN5O. The fourth-order valence-corrected chi connectivity index (χ4v) is 2.16. The van der Waals surface area contributed by atoms with Gasteiger partial charge in [-0.2, -0.15) is 5.10 Å². The van der Waals surface area contributed by atoms with E-state index >= 15 is 0 Å². The SMILES string of the molecule is CC(NC(C)C(C)n1cccn1)C(=O)Nc1ccc(Cl)cn1. The van der Waals surface area contributed by atoms with Crippen molar-refractivity contribution < 1.29 is 4.79 Å². The number of nitrogens with one attached hydrogen (secondary N) is 2. The third-order valence-corrected chi connectivity index (χ3v) is 3.77.